The molecule has 0 fully saturated rings. The standard InChI is InChI=1S/C10H11BrN2O4/c1-17-10(16)8(5-14)13-9(15)6-2-7(11)4-12-3-6/h2-4,8,14H,5H2,1H3,(H,13,15)/t8-/m0/s1. The van der Waals surface area contributed by atoms with E-state index in [1.807, 2.05) is 0 Å². The number of halogens is 1. The van der Waals surface area contributed by atoms with Crippen molar-refractivity contribution in [2.45, 2.75) is 6.04 Å². The van der Waals surface area contributed by atoms with Crippen molar-refractivity contribution in [3.05, 3.63) is 28.5 Å². The third-order valence-corrected chi connectivity index (χ3v) is 2.37. The molecule has 0 aliphatic rings. The van der Waals surface area contributed by atoms with Crippen molar-refractivity contribution < 1.29 is 19.4 Å². The third kappa shape index (κ3) is 3.79. The van der Waals surface area contributed by atoms with Crippen LogP contribution >= 0.6 is 15.9 Å². The maximum absolute atomic E-state index is 11.7. The number of amides is 1. The lowest BCUT2D eigenvalue weighted by atomic mass is 10.2. The Bertz CT molecular complexity index is 425. The van der Waals surface area contributed by atoms with Crippen LogP contribution in [-0.4, -0.2) is 41.7 Å². The Kier molecular flexibility index (Phi) is 5.05. The molecule has 7 heteroatoms. The van der Waals surface area contributed by atoms with E-state index in [0.717, 1.165) is 0 Å². The zero-order valence-corrected chi connectivity index (χ0v) is 10.6. The lowest BCUT2D eigenvalue weighted by molar-refractivity contribution is -0.143. The zero-order chi connectivity index (χ0) is 12.8. The molecule has 0 unspecified atom stereocenters. The van der Waals surface area contributed by atoms with E-state index in [2.05, 4.69) is 31.0 Å². The van der Waals surface area contributed by atoms with Crippen LogP contribution in [0.3, 0.4) is 0 Å². The van der Waals surface area contributed by atoms with Gasteiger partial charge >= 0.3 is 5.97 Å². The van der Waals surface area contributed by atoms with E-state index in [9.17, 15) is 9.59 Å². The van der Waals surface area contributed by atoms with Gasteiger partial charge in [0, 0.05) is 16.9 Å². The summed E-state index contributed by atoms with van der Waals surface area (Å²) >= 11 is 3.17. The molecule has 0 bridgehead atoms. The van der Waals surface area contributed by atoms with Gasteiger partial charge in [0.2, 0.25) is 0 Å². The number of carbonyl (C=O) groups excluding carboxylic acids is 2. The predicted molar refractivity (Wildman–Crippen MR) is 62.3 cm³/mol. The van der Waals surface area contributed by atoms with Crippen molar-refractivity contribution in [1.82, 2.24) is 10.3 Å². The average molecular weight is 303 g/mol. The summed E-state index contributed by atoms with van der Waals surface area (Å²) in [6.07, 6.45) is 2.88. The monoisotopic (exact) mass is 302 g/mol. The van der Waals surface area contributed by atoms with Crippen molar-refractivity contribution in [1.29, 1.82) is 0 Å². The SMILES string of the molecule is COC(=O)[C@H](CO)NC(=O)c1cncc(Br)c1. The minimum atomic E-state index is -1.08. The molecule has 1 aromatic heterocycles. The van der Waals surface area contributed by atoms with Crippen molar-refractivity contribution in [3.8, 4) is 0 Å². The Morgan fingerprint density at radius 2 is 2.29 bits per heavy atom. The molecule has 0 aliphatic heterocycles. The molecule has 1 rings (SSSR count). The number of aliphatic hydroxyl groups is 1. The number of hydrogen-bond acceptors (Lipinski definition) is 5. The van der Waals surface area contributed by atoms with Crippen LogP contribution in [-0.2, 0) is 9.53 Å². The number of rotatable bonds is 4. The van der Waals surface area contributed by atoms with E-state index < -0.39 is 24.5 Å². The molecule has 6 nitrogen and oxygen atoms in total. The summed E-state index contributed by atoms with van der Waals surface area (Å²) in [5.74, 6) is -1.22. The third-order valence-electron chi connectivity index (χ3n) is 1.94. The molecule has 0 aromatic carbocycles. The molecule has 1 heterocycles. The summed E-state index contributed by atoms with van der Waals surface area (Å²) in [7, 11) is 1.18. The number of aliphatic hydroxyl groups excluding tert-OH is 1. The van der Waals surface area contributed by atoms with Crippen LogP contribution in [0.1, 0.15) is 10.4 Å². The van der Waals surface area contributed by atoms with Crippen LogP contribution < -0.4 is 5.32 Å². The second-order valence-electron chi connectivity index (χ2n) is 3.12. The molecular weight excluding hydrogens is 292 g/mol. The van der Waals surface area contributed by atoms with Gasteiger partial charge in [0.15, 0.2) is 6.04 Å². The van der Waals surface area contributed by atoms with Crippen LogP contribution in [0.15, 0.2) is 22.9 Å². The van der Waals surface area contributed by atoms with Gasteiger partial charge in [-0.25, -0.2) is 4.79 Å². The summed E-state index contributed by atoms with van der Waals surface area (Å²) in [5.41, 5.74) is 0.279. The molecule has 2 N–H and O–H groups in total. The normalized spacial score (nSPS) is 11.7. The van der Waals surface area contributed by atoms with Gasteiger partial charge in [0.25, 0.3) is 5.91 Å². The van der Waals surface area contributed by atoms with Crippen molar-refractivity contribution in [2.75, 3.05) is 13.7 Å². The number of aromatic nitrogens is 1. The fraction of sp³-hybridized carbons (Fsp3) is 0.300. The first-order chi connectivity index (χ1) is 8.08. The number of ether oxygens (including phenoxy) is 1. The van der Waals surface area contributed by atoms with Crippen LogP contribution in [0.5, 0.6) is 0 Å². The molecule has 0 radical (unpaired) electrons. The van der Waals surface area contributed by atoms with E-state index in [4.69, 9.17) is 5.11 Å². The highest BCUT2D eigenvalue weighted by Gasteiger charge is 2.21. The zero-order valence-electron chi connectivity index (χ0n) is 9.01. The number of hydrogen-bond donors (Lipinski definition) is 2. The van der Waals surface area contributed by atoms with Gasteiger partial charge in [-0.05, 0) is 22.0 Å². The Morgan fingerprint density at radius 1 is 1.59 bits per heavy atom. The molecule has 92 valence electrons. The van der Waals surface area contributed by atoms with Gasteiger partial charge in [-0.15, -0.1) is 0 Å². The molecule has 17 heavy (non-hydrogen) atoms. The summed E-state index contributed by atoms with van der Waals surface area (Å²) in [6.45, 7) is -0.528. The minimum Gasteiger partial charge on any atom is -0.467 e. The molecule has 0 spiro atoms. The highest BCUT2D eigenvalue weighted by molar-refractivity contribution is 9.10. The largest absolute Gasteiger partial charge is 0.467 e. The second-order valence-corrected chi connectivity index (χ2v) is 4.04. The lowest BCUT2D eigenvalue weighted by Crippen LogP contribution is -2.44. The molecule has 0 saturated heterocycles. The number of nitrogens with zero attached hydrogens (tertiary/aromatic N) is 1. The summed E-state index contributed by atoms with van der Waals surface area (Å²) in [5, 5.41) is 11.3. The maximum atomic E-state index is 11.7. The van der Waals surface area contributed by atoms with Crippen molar-refractivity contribution >= 4 is 27.8 Å². The van der Waals surface area contributed by atoms with Crippen LogP contribution in [0.4, 0.5) is 0 Å². The Hall–Kier alpha value is -1.47. The van der Waals surface area contributed by atoms with Crippen LogP contribution in [0.2, 0.25) is 0 Å². The van der Waals surface area contributed by atoms with Gasteiger partial charge in [-0.3, -0.25) is 9.78 Å². The fourth-order valence-electron chi connectivity index (χ4n) is 1.10. The highest BCUT2D eigenvalue weighted by Crippen LogP contribution is 2.09. The minimum absolute atomic E-state index is 0.279. The van der Waals surface area contributed by atoms with E-state index in [-0.39, 0.29) is 5.56 Å². The Labute approximate surface area is 106 Å². The van der Waals surface area contributed by atoms with Gasteiger partial charge in [-0.2, -0.15) is 0 Å². The predicted octanol–water partition coefficient (Wildman–Crippen LogP) is 0.108. The van der Waals surface area contributed by atoms with E-state index >= 15 is 0 Å². The van der Waals surface area contributed by atoms with Crippen LogP contribution in [0.25, 0.3) is 0 Å². The number of methoxy groups -OCH3 is 1. The molecule has 1 amide bonds. The lowest BCUT2D eigenvalue weighted by Gasteiger charge is -2.13. The second kappa shape index (κ2) is 6.31. The number of carbonyl (C=O) groups is 2. The van der Waals surface area contributed by atoms with Gasteiger partial charge in [0.1, 0.15) is 0 Å². The molecule has 1 atom stereocenters. The van der Waals surface area contributed by atoms with Gasteiger partial charge in [0.05, 0.1) is 19.3 Å². The Morgan fingerprint density at radius 3 is 2.82 bits per heavy atom. The summed E-state index contributed by atoms with van der Waals surface area (Å²) in [4.78, 5) is 26.7. The molecule has 0 aliphatic carbocycles. The topological polar surface area (TPSA) is 88.5 Å². The first-order valence-electron chi connectivity index (χ1n) is 4.68. The molecule has 1 aromatic rings. The van der Waals surface area contributed by atoms with Gasteiger partial charge in [-0.1, -0.05) is 0 Å². The summed E-state index contributed by atoms with van der Waals surface area (Å²) < 4.78 is 5.07. The van der Waals surface area contributed by atoms with E-state index in [1.165, 1.54) is 19.5 Å². The van der Waals surface area contributed by atoms with E-state index in [0.29, 0.717) is 4.47 Å². The molecular formula is C10H11BrN2O4. The average Bonchev–Trinajstić information content (AvgIpc) is 2.34. The maximum Gasteiger partial charge on any atom is 0.330 e. The fourth-order valence-corrected chi connectivity index (χ4v) is 1.46. The first kappa shape index (κ1) is 13.6. The van der Waals surface area contributed by atoms with E-state index in [1.54, 1.807) is 6.07 Å². The smallest absolute Gasteiger partial charge is 0.330 e. The first-order valence-corrected chi connectivity index (χ1v) is 5.48. The van der Waals surface area contributed by atoms with Crippen LogP contribution in [0, 0.1) is 0 Å². The highest BCUT2D eigenvalue weighted by atomic mass is 79.9. The number of esters is 1. The van der Waals surface area contributed by atoms with Crippen molar-refractivity contribution in [3.63, 3.8) is 0 Å². The quantitative estimate of drug-likeness (QED) is 0.771. The summed E-state index contributed by atoms with van der Waals surface area (Å²) in [6, 6.07) is 0.472. The van der Waals surface area contributed by atoms with Crippen molar-refractivity contribution in [2.24, 2.45) is 0 Å². The number of nitrogens with one attached hydrogen (secondary N) is 1. The Balaban J connectivity index is 2.74. The number of pyridine rings is 1. The van der Waals surface area contributed by atoms with Gasteiger partial charge < -0.3 is 15.2 Å². The molecule has 0 saturated carbocycles.